The van der Waals surface area contributed by atoms with Gasteiger partial charge in [0.1, 0.15) is 6.10 Å². The second kappa shape index (κ2) is 5.14. The first-order valence-electron chi connectivity index (χ1n) is 5.57. The minimum Gasteiger partial charge on any atom is -0.486 e. The van der Waals surface area contributed by atoms with Gasteiger partial charge in [-0.05, 0) is 37.6 Å². The Kier molecular flexibility index (Phi) is 3.58. The van der Waals surface area contributed by atoms with Gasteiger partial charge in [0.2, 0.25) is 0 Å². The minimum absolute atomic E-state index is 0.0473. The van der Waals surface area contributed by atoms with Gasteiger partial charge in [-0.15, -0.1) is 0 Å². The number of aromatic carboxylic acids is 1. The first kappa shape index (κ1) is 11.9. The number of halogens is 1. The Labute approximate surface area is 98.4 Å². The summed E-state index contributed by atoms with van der Waals surface area (Å²) < 4.78 is 19.0. The molecule has 5 heteroatoms. The summed E-state index contributed by atoms with van der Waals surface area (Å²) in [6.45, 7) is 1.65. The van der Waals surface area contributed by atoms with E-state index in [0.29, 0.717) is 6.54 Å². The fraction of sp³-hybridized carbons (Fsp3) is 0.417. The van der Waals surface area contributed by atoms with E-state index in [9.17, 15) is 9.18 Å². The molecule has 92 valence electrons. The van der Waals surface area contributed by atoms with E-state index >= 15 is 0 Å². The molecule has 1 aromatic carbocycles. The van der Waals surface area contributed by atoms with Crippen LogP contribution in [0.15, 0.2) is 18.2 Å². The van der Waals surface area contributed by atoms with Gasteiger partial charge in [-0.25, -0.2) is 9.18 Å². The van der Waals surface area contributed by atoms with Gasteiger partial charge in [-0.2, -0.15) is 0 Å². The lowest BCUT2D eigenvalue weighted by atomic mass is 10.1. The van der Waals surface area contributed by atoms with E-state index in [4.69, 9.17) is 9.84 Å². The third-order valence-corrected chi connectivity index (χ3v) is 2.72. The lowest BCUT2D eigenvalue weighted by Crippen LogP contribution is -2.37. The van der Waals surface area contributed by atoms with Crippen molar-refractivity contribution in [1.29, 1.82) is 0 Å². The Hall–Kier alpha value is -1.62. The molecule has 0 saturated carbocycles. The Morgan fingerprint density at radius 2 is 2.35 bits per heavy atom. The molecule has 0 radical (unpaired) electrons. The molecule has 0 spiro atoms. The maximum Gasteiger partial charge on any atom is 0.335 e. The number of ether oxygens (including phenoxy) is 1. The van der Waals surface area contributed by atoms with Gasteiger partial charge in [0.05, 0.1) is 5.56 Å². The van der Waals surface area contributed by atoms with Gasteiger partial charge < -0.3 is 15.2 Å². The van der Waals surface area contributed by atoms with Crippen LogP contribution in [0.4, 0.5) is 4.39 Å². The van der Waals surface area contributed by atoms with Crippen molar-refractivity contribution in [2.75, 3.05) is 13.1 Å². The van der Waals surface area contributed by atoms with E-state index in [1.807, 2.05) is 0 Å². The van der Waals surface area contributed by atoms with Crippen molar-refractivity contribution < 1.29 is 19.0 Å². The molecule has 1 saturated heterocycles. The van der Waals surface area contributed by atoms with Gasteiger partial charge in [-0.1, -0.05) is 0 Å². The molecule has 0 amide bonds. The summed E-state index contributed by atoms with van der Waals surface area (Å²) in [5.41, 5.74) is -0.0726. The predicted molar refractivity (Wildman–Crippen MR) is 59.9 cm³/mol. The molecule has 1 heterocycles. The average Bonchev–Trinajstić information content (AvgIpc) is 2.33. The SMILES string of the molecule is O=C(O)c1ccc(OC2CCCNC2)c(F)c1. The van der Waals surface area contributed by atoms with Crippen LogP contribution >= 0.6 is 0 Å². The first-order chi connectivity index (χ1) is 8.16. The molecule has 0 aliphatic carbocycles. The maximum absolute atomic E-state index is 13.6. The summed E-state index contributed by atoms with van der Waals surface area (Å²) in [6, 6.07) is 3.69. The number of carboxylic acids is 1. The fourth-order valence-electron chi connectivity index (χ4n) is 1.83. The maximum atomic E-state index is 13.6. The number of carbonyl (C=O) groups is 1. The Bertz CT molecular complexity index is 416. The fourth-order valence-corrected chi connectivity index (χ4v) is 1.83. The largest absolute Gasteiger partial charge is 0.486 e. The molecule has 1 unspecified atom stereocenters. The van der Waals surface area contributed by atoms with Crippen molar-refractivity contribution in [1.82, 2.24) is 5.32 Å². The van der Waals surface area contributed by atoms with Gasteiger partial charge >= 0.3 is 5.97 Å². The van der Waals surface area contributed by atoms with Crippen LogP contribution in [0.3, 0.4) is 0 Å². The highest BCUT2D eigenvalue weighted by atomic mass is 19.1. The molecule has 2 N–H and O–H groups in total. The summed E-state index contributed by atoms with van der Waals surface area (Å²) >= 11 is 0. The van der Waals surface area contributed by atoms with Crippen LogP contribution in [0.2, 0.25) is 0 Å². The zero-order valence-corrected chi connectivity index (χ0v) is 9.28. The molecule has 4 nitrogen and oxygen atoms in total. The van der Waals surface area contributed by atoms with Crippen molar-refractivity contribution in [2.45, 2.75) is 18.9 Å². The highest BCUT2D eigenvalue weighted by molar-refractivity contribution is 5.87. The molecule has 1 aliphatic heterocycles. The number of hydrogen-bond donors (Lipinski definition) is 2. The van der Waals surface area contributed by atoms with Crippen molar-refractivity contribution in [3.63, 3.8) is 0 Å². The monoisotopic (exact) mass is 239 g/mol. The van der Waals surface area contributed by atoms with Crippen LogP contribution in [0.1, 0.15) is 23.2 Å². The molecule has 2 rings (SSSR count). The number of benzene rings is 1. The van der Waals surface area contributed by atoms with Crippen molar-refractivity contribution in [2.24, 2.45) is 0 Å². The lowest BCUT2D eigenvalue weighted by molar-refractivity contribution is 0.0696. The second-order valence-corrected chi connectivity index (χ2v) is 4.04. The van der Waals surface area contributed by atoms with Crippen LogP contribution < -0.4 is 10.1 Å². The minimum atomic E-state index is -1.14. The highest BCUT2D eigenvalue weighted by Crippen LogP contribution is 2.21. The second-order valence-electron chi connectivity index (χ2n) is 4.04. The van der Waals surface area contributed by atoms with E-state index in [1.165, 1.54) is 12.1 Å². The molecule has 1 aliphatic rings. The molecular formula is C12H14FNO3. The quantitative estimate of drug-likeness (QED) is 0.842. The summed E-state index contributed by atoms with van der Waals surface area (Å²) in [5.74, 6) is -1.66. The number of rotatable bonds is 3. The molecule has 1 atom stereocenters. The number of piperidine rings is 1. The molecule has 0 bridgehead atoms. The molecule has 0 aromatic heterocycles. The van der Waals surface area contributed by atoms with Gasteiger partial charge in [0.15, 0.2) is 11.6 Å². The highest BCUT2D eigenvalue weighted by Gasteiger charge is 2.17. The van der Waals surface area contributed by atoms with Crippen LogP contribution in [-0.4, -0.2) is 30.3 Å². The summed E-state index contributed by atoms with van der Waals surface area (Å²) in [7, 11) is 0. The van der Waals surface area contributed by atoms with Crippen molar-refractivity contribution >= 4 is 5.97 Å². The van der Waals surface area contributed by atoms with Gasteiger partial charge in [-0.3, -0.25) is 0 Å². The van der Waals surface area contributed by atoms with Crippen molar-refractivity contribution in [3.05, 3.63) is 29.6 Å². The molecule has 1 aromatic rings. The van der Waals surface area contributed by atoms with Gasteiger partial charge in [0, 0.05) is 6.54 Å². The zero-order chi connectivity index (χ0) is 12.3. The molecule has 17 heavy (non-hydrogen) atoms. The van der Waals surface area contributed by atoms with E-state index in [2.05, 4.69) is 5.32 Å². The topological polar surface area (TPSA) is 58.6 Å². The number of hydrogen-bond acceptors (Lipinski definition) is 3. The first-order valence-corrected chi connectivity index (χ1v) is 5.57. The van der Waals surface area contributed by atoms with E-state index in [0.717, 1.165) is 25.5 Å². The van der Waals surface area contributed by atoms with E-state index in [1.54, 1.807) is 0 Å². The Balaban J connectivity index is 2.08. The van der Waals surface area contributed by atoms with Crippen LogP contribution in [0.5, 0.6) is 5.75 Å². The smallest absolute Gasteiger partial charge is 0.335 e. The Morgan fingerprint density at radius 1 is 1.53 bits per heavy atom. The van der Waals surface area contributed by atoms with Crippen LogP contribution in [0.25, 0.3) is 0 Å². The van der Waals surface area contributed by atoms with Gasteiger partial charge in [0.25, 0.3) is 0 Å². The van der Waals surface area contributed by atoms with Crippen molar-refractivity contribution in [3.8, 4) is 5.75 Å². The van der Waals surface area contributed by atoms with Crippen LogP contribution in [0, 0.1) is 5.82 Å². The van der Waals surface area contributed by atoms with E-state index in [-0.39, 0.29) is 17.4 Å². The summed E-state index contributed by atoms with van der Waals surface area (Å²) in [6.07, 6.45) is 1.83. The van der Waals surface area contributed by atoms with E-state index < -0.39 is 11.8 Å². The predicted octanol–water partition coefficient (Wildman–Crippen LogP) is 1.65. The third-order valence-electron chi connectivity index (χ3n) is 2.72. The summed E-state index contributed by atoms with van der Waals surface area (Å²) in [4.78, 5) is 10.6. The molecule has 1 fully saturated rings. The lowest BCUT2D eigenvalue weighted by Gasteiger charge is -2.24. The average molecular weight is 239 g/mol. The number of carboxylic acid groups (broad SMARTS) is 1. The number of nitrogens with one attached hydrogen (secondary N) is 1. The van der Waals surface area contributed by atoms with Crippen LogP contribution in [-0.2, 0) is 0 Å². The summed E-state index contributed by atoms with van der Waals surface area (Å²) in [5, 5.41) is 11.9. The normalized spacial score (nSPS) is 19.9. The standard InChI is InChI=1S/C12H14FNO3/c13-10-6-8(12(15)16)3-4-11(10)17-9-2-1-5-14-7-9/h3-4,6,9,14H,1-2,5,7H2,(H,15,16). The molecular weight excluding hydrogens is 225 g/mol. The third kappa shape index (κ3) is 2.94. The Morgan fingerprint density at radius 3 is 2.94 bits per heavy atom. The zero-order valence-electron chi connectivity index (χ0n) is 9.28.